The molecule has 1 amide bonds. The molecule has 0 aliphatic carbocycles. The summed E-state index contributed by atoms with van der Waals surface area (Å²) in [7, 11) is 1.53. The fraction of sp³-hybridized carbons (Fsp3) is 0.167. The van der Waals surface area contributed by atoms with Crippen molar-refractivity contribution in [2.24, 2.45) is 0 Å². The zero-order chi connectivity index (χ0) is 20.1. The van der Waals surface area contributed by atoms with Crippen LogP contribution in [0.2, 0.25) is 0 Å². The van der Waals surface area contributed by atoms with Crippen molar-refractivity contribution < 1.29 is 22.7 Å². The number of rotatable bonds is 6. The molecular formula is C18H14F3N3O2S2. The van der Waals surface area contributed by atoms with E-state index in [2.05, 4.69) is 15.3 Å². The van der Waals surface area contributed by atoms with Crippen LogP contribution in [0, 0.1) is 0 Å². The maximum absolute atomic E-state index is 13.2. The van der Waals surface area contributed by atoms with Gasteiger partial charge in [-0.25, -0.2) is 9.97 Å². The van der Waals surface area contributed by atoms with Crippen molar-refractivity contribution in [2.75, 3.05) is 18.2 Å². The van der Waals surface area contributed by atoms with Gasteiger partial charge in [-0.15, -0.1) is 11.3 Å². The van der Waals surface area contributed by atoms with Crippen LogP contribution in [-0.4, -0.2) is 28.7 Å². The van der Waals surface area contributed by atoms with Gasteiger partial charge in [0.05, 0.1) is 23.4 Å². The Labute approximate surface area is 167 Å². The number of hydrogen-bond acceptors (Lipinski definition) is 6. The number of aromatic nitrogens is 2. The van der Waals surface area contributed by atoms with Gasteiger partial charge in [-0.05, 0) is 41.8 Å². The molecule has 5 nitrogen and oxygen atoms in total. The topological polar surface area (TPSA) is 64.1 Å². The van der Waals surface area contributed by atoms with Crippen LogP contribution in [0.25, 0.3) is 10.6 Å². The highest BCUT2D eigenvalue weighted by molar-refractivity contribution is 7.99. The molecule has 1 N–H and O–H groups in total. The minimum absolute atomic E-state index is 0.108. The van der Waals surface area contributed by atoms with E-state index in [1.165, 1.54) is 18.4 Å². The third-order valence-corrected chi connectivity index (χ3v) is 5.22. The third-order valence-electron chi connectivity index (χ3n) is 3.48. The van der Waals surface area contributed by atoms with Gasteiger partial charge in [-0.3, -0.25) is 4.79 Å². The van der Waals surface area contributed by atoms with Crippen LogP contribution in [0.5, 0.6) is 5.75 Å². The summed E-state index contributed by atoms with van der Waals surface area (Å²) in [6, 6.07) is 11.0. The van der Waals surface area contributed by atoms with E-state index >= 15 is 0 Å². The van der Waals surface area contributed by atoms with Crippen LogP contribution in [0.3, 0.4) is 0 Å². The molecule has 2 heterocycles. The van der Waals surface area contributed by atoms with Gasteiger partial charge >= 0.3 is 6.18 Å². The SMILES string of the molecule is COc1ccc(NC(=O)CSc2nc(-c3cccs3)cc(C(F)(F)F)n2)cc1. The number of thiophene rings is 1. The number of methoxy groups -OCH3 is 1. The molecule has 0 aliphatic rings. The average Bonchev–Trinajstić information content (AvgIpc) is 3.21. The Morgan fingerprint density at radius 1 is 1.21 bits per heavy atom. The smallest absolute Gasteiger partial charge is 0.433 e. The second kappa shape index (κ2) is 8.61. The molecule has 3 rings (SSSR count). The summed E-state index contributed by atoms with van der Waals surface area (Å²) < 4.78 is 44.5. The van der Waals surface area contributed by atoms with Gasteiger partial charge < -0.3 is 10.1 Å². The molecule has 0 fully saturated rings. The van der Waals surface area contributed by atoms with Crippen molar-refractivity contribution in [3.63, 3.8) is 0 Å². The molecule has 146 valence electrons. The minimum atomic E-state index is -4.60. The second-order valence-corrected chi connectivity index (χ2v) is 7.35. The fourth-order valence-corrected chi connectivity index (χ4v) is 3.53. The molecule has 28 heavy (non-hydrogen) atoms. The number of amides is 1. The Kier molecular flexibility index (Phi) is 6.20. The van der Waals surface area contributed by atoms with Crippen LogP contribution in [-0.2, 0) is 11.0 Å². The number of benzene rings is 1. The summed E-state index contributed by atoms with van der Waals surface area (Å²) in [5.74, 6) is 0.136. The number of alkyl halides is 3. The van der Waals surface area contributed by atoms with Gasteiger partial charge in [0, 0.05) is 5.69 Å². The molecular weight excluding hydrogens is 411 g/mol. The number of carbonyl (C=O) groups excluding carboxylic acids is 1. The summed E-state index contributed by atoms with van der Waals surface area (Å²) in [4.78, 5) is 20.4. The molecule has 0 saturated heterocycles. The molecule has 2 aromatic heterocycles. The monoisotopic (exact) mass is 425 g/mol. The summed E-state index contributed by atoms with van der Waals surface area (Å²) in [5.41, 5.74) is -0.310. The number of ether oxygens (including phenoxy) is 1. The molecule has 10 heteroatoms. The first kappa shape index (κ1) is 20.2. The molecule has 0 bridgehead atoms. The predicted molar refractivity (Wildman–Crippen MR) is 103 cm³/mol. The maximum atomic E-state index is 13.2. The van der Waals surface area contributed by atoms with Crippen molar-refractivity contribution in [3.05, 3.63) is 53.5 Å². The highest BCUT2D eigenvalue weighted by Crippen LogP contribution is 2.33. The van der Waals surface area contributed by atoms with Crippen LogP contribution in [0.15, 0.2) is 53.0 Å². The number of nitrogens with one attached hydrogen (secondary N) is 1. The molecule has 0 aliphatic heterocycles. The molecule has 1 aromatic carbocycles. The number of thioether (sulfide) groups is 1. The van der Waals surface area contributed by atoms with Gasteiger partial charge in [-0.2, -0.15) is 13.2 Å². The highest BCUT2D eigenvalue weighted by Gasteiger charge is 2.34. The second-order valence-electron chi connectivity index (χ2n) is 5.46. The van der Waals surface area contributed by atoms with Gasteiger partial charge in [0.15, 0.2) is 5.16 Å². The van der Waals surface area contributed by atoms with Crippen molar-refractivity contribution in [3.8, 4) is 16.3 Å². The number of halogens is 3. The molecule has 0 radical (unpaired) electrons. The number of hydrogen-bond donors (Lipinski definition) is 1. The van der Waals surface area contributed by atoms with Crippen molar-refractivity contribution in [1.29, 1.82) is 0 Å². The molecule has 0 atom stereocenters. The van der Waals surface area contributed by atoms with E-state index in [9.17, 15) is 18.0 Å². The largest absolute Gasteiger partial charge is 0.497 e. The molecule has 3 aromatic rings. The van der Waals surface area contributed by atoms with Crippen molar-refractivity contribution >= 4 is 34.7 Å². The first-order valence-electron chi connectivity index (χ1n) is 7.92. The Morgan fingerprint density at radius 3 is 2.57 bits per heavy atom. The zero-order valence-corrected chi connectivity index (χ0v) is 16.1. The van der Waals surface area contributed by atoms with E-state index in [1.807, 2.05) is 0 Å². The summed E-state index contributed by atoms with van der Waals surface area (Å²) in [6.45, 7) is 0. The predicted octanol–water partition coefficient (Wildman–Crippen LogP) is 4.96. The first-order chi connectivity index (χ1) is 13.3. The Morgan fingerprint density at radius 2 is 1.96 bits per heavy atom. The molecule has 0 unspecified atom stereocenters. The average molecular weight is 425 g/mol. The van der Waals surface area contributed by atoms with E-state index in [-0.39, 0.29) is 22.5 Å². The van der Waals surface area contributed by atoms with E-state index in [4.69, 9.17) is 4.74 Å². The van der Waals surface area contributed by atoms with Crippen LogP contribution >= 0.6 is 23.1 Å². The number of carbonyl (C=O) groups is 1. The van der Waals surface area contributed by atoms with Gasteiger partial charge in [0.25, 0.3) is 0 Å². The standard InChI is InChI=1S/C18H14F3N3O2S2/c1-26-12-6-4-11(5-7-12)22-16(25)10-28-17-23-13(14-3-2-8-27-14)9-15(24-17)18(19,20)21/h2-9H,10H2,1H3,(H,22,25). The third kappa shape index (κ3) is 5.23. The lowest BCUT2D eigenvalue weighted by Crippen LogP contribution is -2.15. The molecule has 0 spiro atoms. The lowest BCUT2D eigenvalue weighted by Gasteiger charge is -2.10. The van der Waals surface area contributed by atoms with Gasteiger partial charge in [0.2, 0.25) is 5.91 Å². The van der Waals surface area contributed by atoms with Crippen LogP contribution < -0.4 is 10.1 Å². The summed E-state index contributed by atoms with van der Waals surface area (Å²) in [6.07, 6.45) is -4.60. The van der Waals surface area contributed by atoms with Gasteiger partial charge in [0.1, 0.15) is 11.4 Å². The highest BCUT2D eigenvalue weighted by atomic mass is 32.2. The number of anilines is 1. The van der Waals surface area contributed by atoms with Gasteiger partial charge in [-0.1, -0.05) is 17.8 Å². The van der Waals surface area contributed by atoms with E-state index < -0.39 is 11.9 Å². The first-order valence-corrected chi connectivity index (χ1v) is 9.78. The van der Waals surface area contributed by atoms with Crippen molar-refractivity contribution in [1.82, 2.24) is 9.97 Å². The van der Waals surface area contributed by atoms with E-state index in [0.717, 1.165) is 17.8 Å². The van der Waals surface area contributed by atoms with Crippen LogP contribution in [0.4, 0.5) is 18.9 Å². The lowest BCUT2D eigenvalue weighted by molar-refractivity contribution is -0.141. The summed E-state index contributed by atoms with van der Waals surface area (Å²) in [5, 5.41) is 4.30. The lowest BCUT2D eigenvalue weighted by atomic mass is 10.3. The number of nitrogens with zero attached hydrogens (tertiary/aromatic N) is 2. The quantitative estimate of drug-likeness (QED) is 0.447. The van der Waals surface area contributed by atoms with Crippen LogP contribution in [0.1, 0.15) is 5.69 Å². The fourth-order valence-electron chi connectivity index (χ4n) is 2.19. The minimum Gasteiger partial charge on any atom is -0.497 e. The normalized spacial score (nSPS) is 11.3. The Bertz CT molecular complexity index is 946. The zero-order valence-electron chi connectivity index (χ0n) is 14.5. The maximum Gasteiger partial charge on any atom is 0.433 e. The van der Waals surface area contributed by atoms with E-state index in [1.54, 1.807) is 41.8 Å². The Balaban J connectivity index is 1.72. The Hall–Kier alpha value is -2.59. The molecule has 0 saturated carbocycles. The summed E-state index contributed by atoms with van der Waals surface area (Å²) >= 11 is 2.12. The van der Waals surface area contributed by atoms with E-state index in [0.29, 0.717) is 16.3 Å². The van der Waals surface area contributed by atoms with Crippen molar-refractivity contribution in [2.45, 2.75) is 11.3 Å².